The average Bonchev–Trinajstić information content (AvgIpc) is 1.65. The summed E-state index contributed by atoms with van der Waals surface area (Å²) in [4.78, 5) is 0. The van der Waals surface area contributed by atoms with Crippen molar-refractivity contribution in [1.82, 2.24) is 0 Å². The molecule has 11 heteroatoms. The summed E-state index contributed by atoms with van der Waals surface area (Å²) in [6, 6.07) is 0. The first-order chi connectivity index (χ1) is 7.12. The highest BCUT2D eigenvalue weighted by Crippen LogP contribution is 2.16. The van der Waals surface area contributed by atoms with Gasteiger partial charge in [-0.3, -0.25) is 7.74 Å². The normalized spacial score (nSPS) is 14.9. The van der Waals surface area contributed by atoms with Crippen LogP contribution < -0.4 is 0 Å². The summed E-state index contributed by atoms with van der Waals surface area (Å²) in [6.07, 6.45) is 0. The smallest absolute Gasteiger partial charge is 0.293 e. The third kappa shape index (κ3) is 9.87. The van der Waals surface area contributed by atoms with E-state index in [-0.39, 0.29) is 0 Å². The summed E-state index contributed by atoms with van der Waals surface area (Å²) in [7, 11) is -14.1. The molecule has 0 rings (SSSR count). The molecule has 7 nitrogen and oxygen atoms in total. The van der Waals surface area contributed by atoms with Gasteiger partial charge in [0.05, 0.1) is 0 Å². The van der Waals surface area contributed by atoms with E-state index in [1.807, 2.05) is 0 Å². The van der Waals surface area contributed by atoms with Crippen LogP contribution in [0.4, 0.5) is 0 Å². The highest BCUT2D eigenvalue weighted by atomic mass is 32.3. The second-order valence-electron chi connectivity index (χ2n) is 5.28. The number of hydrogen-bond acceptors (Lipinski definition) is 7. The first kappa shape index (κ1) is 17.2. The summed E-state index contributed by atoms with van der Waals surface area (Å²) in [5, 5.41) is 0. The maximum atomic E-state index is 11.3. The fourth-order valence-corrected chi connectivity index (χ4v) is 7.18. The van der Waals surface area contributed by atoms with Gasteiger partial charge in [-0.2, -0.15) is 16.8 Å². The van der Waals surface area contributed by atoms with Crippen molar-refractivity contribution >= 4 is 37.4 Å². The highest BCUT2D eigenvalue weighted by molar-refractivity contribution is 7.96. The summed E-state index contributed by atoms with van der Waals surface area (Å²) < 4.78 is 58.4. The Kier molecular flexibility index (Phi) is 5.13. The van der Waals surface area contributed by atoms with Crippen molar-refractivity contribution in [3.8, 4) is 0 Å². The molecule has 0 saturated heterocycles. The molecule has 0 aliphatic carbocycles. The second kappa shape index (κ2) is 5.07. The van der Waals surface area contributed by atoms with Crippen molar-refractivity contribution < 1.29 is 28.2 Å². The van der Waals surface area contributed by atoms with Crippen LogP contribution in [0.15, 0.2) is 0 Å². The van der Waals surface area contributed by atoms with Gasteiger partial charge in [0.2, 0.25) is 16.6 Å². The zero-order valence-electron chi connectivity index (χ0n) is 10.7. The minimum absolute atomic E-state index is 1.58. The molecular weight excluding hydrogens is 304 g/mol. The zero-order chi connectivity index (χ0) is 14.1. The molecule has 0 amide bonds. The molecular formula is C6H18O7S2Si2. The van der Waals surface area contributed by atoms with E-state index in [4.69, 9.17) is 0 Å². The molecule has 0 aromatic heterocycles. The number of hydrogen-bond donors (Lipinski definition) is 0. The molecule has 0 aliphatic rings. The van der Waals surface area contributed by atoms with Crippen LogP contribution in [-0.4, -0.2) is 33.5 Å². The van der Waals surface area contributed by atoms with E-state index in [0.717, 1.165) is 0 Å². The van der Waals surface area contributed by atoms with E-state index in [0.29, 0.717) is 0 Å². The standard InChI is InChI=1S/C6H18O7S2Si2/c1-16(2,3)12-14(7,8)11-15(9,10)13-17(4,5)6/h1-6H3. The molecule has 0 aliphatic heterocycles. The summed E-state index contributed by atoms with van der Waals surface area (Å²) in [5.74, 6) is 0. The van der Waals surface area contributed by atoms with Gasteiger partial charge in [0.15, 0.2) is 0 Å². The Hall–Kier alpha value is 0.214. The zero-order valence-corrected chi connectivity index (χ0v) is 14.3. The van der Waals surface area contributed by atoms with Gasteiger partial charge in [0, 0.05) is 0 Å². The summed E-state index contributed by atoms with van der Waals surface area (Å²) >= 11 is 0. The molecule has 0 heterocycles. The van der Waals surface area contributed by atoms with Crippen LogP contribution in [0.3, 0.4) is 0 Å². The lowest BCUT2D eigenvalue weighted by Gasteiger charge is -2.18. The Morgan fingerprint density at radius 3 is 1.06 bits per heavy atom. The van der Waals surface area contributed by atoms with Gasteiger partial charge in [-0.25, -0.2) is 0 Å². The van der Waals surface area contributed by atoms with Gasteiger partial charge in [-0.15, -0.1) is 3.63 Å². The molecule has 0 spiro atoms. The van der Waals surface area contributed by atoms with Crippen LogP contribution in [0.2, 0.25) is 39.3 Å². The van der Waals surface area contributed by atoms with Gasteiger partial charge < -0.3 is 0 Å². The molecule has 17 heavy (non-hydrogen) atoms. The highest BCUT2D eigenvalue weighted by Gasteiger charge is 2.34. The summed E-state index contributed by atoms with van der Waals surface area (Å²) in [5.41, 5.74) is 0. The van der Waals surface area contributed by atoms with Gasteiger partial charge in [0.25, 0.3) is 0 Å². The van der Waals surface area contributed by atoms with E-state index in [1.54, 1.807) is 39.3 Å². The molecule has 0 aromatic carbocycles. The predicted molar refractivity (Wildman–Crippen MR) is 67.8 cm³/mol. The lowest BCUT2D eigenvalue weighted by atomic mass is 11.8. The van der Waals surface area contributed by atoms with Gasteiger partial charge in [0.1, 0.15) is 0 Å². The van der Waals surface area contributed by atoms with E-state index in [2.05, 4.69) is 11.4 Å². The van der Waals surface area contributed by atoms with Gasteiger partial charge in [-0.05, 0) is 39.3 Å². The van der Waals surface area contributed by atoms with Crippen molar-refractivity contribution in [2.75, 3.05) is 0 Å². The van der Waals surface area contributed by atoms with Crippen molar-refractivity contribution in [3.05, 3.63) is 0 Å². The quantitative estimate of drug-likeness (QED) is 0.678. The Morgan fingerprint density at radius 1 is 0.647 bits per heavy atom. The van der Waals surface area contributed by atoms with E-state index in [1.165, 1.54) is 0 Å². The Bertz CT molecular complexity index is 410. The second-order valence-corrected chi connectivity index (χ2v) is 17.2. The lowest BCUT2D eigenvalue weighted by Crippen LogP contribution is -2.35. The van der Waals surface area contributed by atoms with Crippen molar-refractivity contribution in [2.24, 2.45) is 0 Å². The van der Waals surface area contributed by atoms with E-state index >= 15 is 0 Å². The molecule has 0 bridgehead atoms. The van der Waals surface area contributed by atoms with Crippen molar-refractivity contribution in [1.29, 1.82) is 0 Å². The summed E-state index contributed by atoms with van der Waals surface area (Å²) in [6.45, 7) is 9.50. The van der Waals surface area contributed by atoms with Crippen LogP contribution in [0.1, 0.15) is 0 Å². The molecule has 0 fully saturated rings. The third-order valence-corrected chi connectivity index (χ3v) is 7.84. The van der Waals surface area contributed by atoms with E-state index in [9.17, 15) is 16.8 Å². The SMILES string of the molecule is C[Si](C)(C)OS(=O)(=O)OS(=O)(=O)O[Si](C)(C)C. The minimum Gasteiger partial charge on any atom is -0.293 e. The topological polar surface area (TPSA) is 96.0 Å². The molecule has 104 valence electrons. The fraction of sp³-hybridized carbons (Fsp3) is 1.00. The van der Waals surface area contributed by atoms with Crippen LogP contribution in [0.5, 0.6) is 0 Å². The minimum atomic E-state index is -4.60. The largest absolute Gasteiger partial charge is 0.406 e. The van der Waals surface area contributed by atoms with Crippen LogP contribution in [0, 0.1) is 0 Å². The monoisotopic (exact) mass is 322 g/mol. The van der Waals surface area contributed by atoms with Crippen molar-refractivity contribution in [2.45, 2.75) is 39.3 Å². The van der Waals surface area contributed by atoms with Gasteiger partial charge >= 0.3 is 20.8 Å². The third-order valence-electron chi connectivity index (χ3n) is 0.871. The molecule has 0 saturated carbocycles. The molecule has 0 radical (unpaired) electrons. The van der Waals surface area contributed by atoms with E-state index < -0.39 is 37.4 Å². The van der Waals surface area contributed by atoms with Crippen LogP contribution >= 0.6 is 0 Å². The molecule has 0 aromatic rings. The first-order valence-corrected chi connectivity index (χ1v) is 14.2. The molecule has 0 atom stereocenters. The fourth-order valence-electron chi connectivity index (χ4n) is 0.742. The predicted octanol–water partition coefficient (Wildman–Crippen LogP) is 1.20. The Labute approximate surface area is 105 Å². The van der Waals surface area contributed by atoms with Crippen LogP contribution in [-0.2, 0) is 32.2 Å². The Morgan fingerprint density at radius 2 is 0.882 bits per heavy atom. The molecule has 0 N–H and O–H groups in total. The maximum Gasteiger partial charge on any atom is 0.406 e. The van der Waals surface area contributed by atoms with Crippen molar-refractivity contribution in [3.63, 3.8) is 0 Å². The maximum absolute atomic E-state index is 11.3. The first-order valence-electron chi connectivity index (χ1n) is 4.74. The van der Waals surface area contributed by atoms with Gasteiger partial charge in [-0.1, -0.05) is 0 Å². The Balaban J connectivity index is 4.86. The average molecular weight is 323 g/mol. The molecule has 0 unspecified atom stereocenters. The lowest BCUT2D eigenvalue weighted by molar-refractivity contribution is 0.350. The number of rotatable bonds is 6. The van der Waals surface area contributed by atoms with Crippen LogP contribution in [0.25, 0.3) is 0 Å².